The average molecular weight is 331 g/mol. The summed E-state index contributed by atoms with van der Waals surface area (Å²) in [6.07, 6.45) is 12.9. The molecule has 6 heteroatoms. The van der Waals surface area contributed by atoms with Crippen LogP contribution < -0.4 is 5.32 Å². The molecule has 0 unspecified atom stereocenters. The quantitative estimate of drug-likeness (QED) is 0.900. The number of carbonyl (C=O) groups excluding carboxylic acids is 1. The predicted octanol–water partition coefficient (Wildman–Crippen LogP) is 2.39. The Bertz CT molecular complexity index is 556. The third kappa shape index (κ3) is 3.63. The minimum Gasteiger partial charge on any atom is -0.334 e. The summed E-state index contributed by atoms with van der Waals surface area (Å²) in [5.41, 5.74) is 0.538. The minimum absolute atomic E-state index is 0.100. The Labute approximate surface area is 144 Å². The number of rotatable bonds is 5. The maximum atomic E-state index is 13.0. The second kappa shape index (κ2) is 7.21. The Morgan fingerprint density at radius 1 is 1.12 bits per heavy atom. The summed E-state index contributed by atoms with van der Waals surface area (Å²) in [5, 5.41) is 11.8. The van der Waals surface area contributed by atoms with E-state index in [4.69, 9.17) is 0 Å². The lowest BCUT2D eigenvalue weighted by atomic mass is 9.89. The van der Waals surface area contributed by atoms with Crippen molar-refractivity contribution in [2.75, 3.05) is 19.6 Å². The summed E-state index contributed by atoms with van der Waals surface area (Å²) < 4.78 is 1.92. The fraction of sp³-hybridized carbons (Fsp3) is 0.833. The molecule has 0 spiro atoms. The highest BCUT2D eigenvalue weighted by atomic mass is 16.2. The van der Waals surface area contributed by atoms with E-state index in [0.717, 1.165) is 45.3 Å². The summed E-state index contributed by atoms with van der Waals surface area (Å²) in [4.78, 5) is 15.1. The van der Waals surface area contributed by atoms with Crippen LogP contribution in [0.3, 0.4) is 0 Å². The molecule has 2 aliphatic carbocycles. The number of carbonyl (C=O) groups is 1. The number of nitrogens with one attached hydrogen (secondary N) is 1. The number of aromatic nitrogens is 3. The monoisotopic (exact) mass is 331 g/mol. The summed E-state index contributed by atoms with van der Waals surface area (Å²) in [6, 6.07) is 0.830. The lowest BCUT2D eigenvalue weighted by molar-refractivity contribution is 0.0692. The zero-order valence-electron chi connectivity index (χ0n) is 14.5. The number of amides is 1. The highest BCUT2D eigenvalue weighted by Gasteiger charge is 2.36. The molecule has 0 radical (unpaired) electrons. The molecule has 1 aromatic rings. The molecule has 0 atom stereocenters. The Kier molecular flexibility index (Phi) is 4.83. The van der Waals surface area contributed by atoms with Gasteiger partial charge in [-0.25, -0.2) is 4.68 Å². The Hall–Kier alpha value is -1.43. The van der Waals surface area contributed by atoms with E-state index in [1.54, 1.807) is 0 Å². The van der Waals surface area contributed by atoms with Crippen LogP contribution in [0.25, 0.3) is 0 Å². The summed E-state index contributed by atoms with van der Waals surface area (Å²) in [7, 11) is 0. The first-order valence-corrected chi connectivity index (χ1v) is 9.75. The summed E-state index contributed by atoms with van der Waals surface area (Å²) >= 11 is 0. The van der Waals surface area contributed by atoms with E-state index in [1.165, 1.54) is 32.1 Å². The van der Waals surface area contributed by atoms with Crippen molar-refractivity contribution in [3.8, 4) is 0 Å². The van der Waals surface area contributed by atoms with Crippen LogP contribution in [-0.4, -0.2) is 51.5 Å². The standard InChI is InChI=1S/C18H29N5O/c24-18(17-13-23(21-20-17)16-8-10-19-11-9-16)22(15-6-7-15)12-14-4-2-1-3-5-14/h13-16,19H,1-12H2. The number of hydrogen-bond donors (Lipinski definition) is 1. The molecule has 0 bridgehead atoms. The highest BCUT2D eigenvalue weighted by molar-refractivity contribution is 5.92. The van der Waals surface area contributed by atoms with Gasteiger partial charge in [-0.05, 0) is 57.5 Å². The van der Waals surface area contributed by atoms with Crippen molar-refractivity contribution in [1.82, 2.24) is 25.2 Å². The van der Waals surface area contributed by atoms with E-state index in [1.807, 2.05) is 10.9 Å². The van der Waals surface area contributed by atoms with Crippen LogP contribution in [0.5, 0.6) is 0 Å². The summed E-state index contributed by atoms with van der Waals surface area (Å²) in [5.74, 6) is 0.783. The molecule has 0 aromatic carbocycles. The van der Waals surface area contributed by atoms with Gasteiger partial charge in [0.2, 0.25) is 0 Å². The lowest BCUT2D eigenvalue weighted by Gasteiger charge is -2.29. The van der Waals surface area contributed by atoms with Gasteiger partial charge in [-0.3, -0.25) is 4.79 Å². The molecular weight excluding hydrogens is 302 g/mol. The van der Waals surface area contributed by atoms with Crippen molar-refractivity contribution in [2.45, 2.75) is 69.9 Å². The van der Waals surface area contributed by atoms with Gasteiger partial charge in [0.1, 0.15) is 0 Å². The van der Waals surface area contributed by atoms with Gasteiger partial charge in [-0.2, -0.15) is 0 Å². The Morgan fingerprint density at radius 2 is 1.88 bits per heavy atom. The maximum Gasteiger partial charge on any atom is 0.276 e. The van der Waals surface area contributed by atoms with E-state index in [9.17, 15) is 4.79 Å². The molecule has 3 aliphatic rings. The van der Waals surface area contributed by atoms with Crippen LogP contribution in [0.15, 0.2) is 6.20 Å². The van der Waals surface area contributed by atoms with Crippen LogP contribution in [-0.2, 0) is 0 Å². The van der Waals surface area contributed by atoms with Crippen LogP contribution in [0.4, 0.5) is 0 Å². The van der Waals surface area contributed by atoms with Crippen molar-refractivity contribution in [3.05, 3.63) is 11.9 Å². The normalized spacial score (nSPS) is 23.3. The lowest BCUT2D eigenvalue weighted by Crippen LogP contribution is -2.38. The van der Waals surface area contributed by atoms with Gasteiger partial charge >= 0.3 is 0 Å². The zero-order valence-corrected chi connectivity index (χ0v) is 14.5. The second-order valence-corrected chi connectivity index (χ2v) is 7.76. The molecule has 3 fully saturated rings. The highest BCUT2D eigenvalue weighted by Crippen LogP contribution is 2.32. The number of nitrogens with zero attached hydrogens (tertiary/aromatic N) is 4. The van der Waals surface area contributed by atoms with Gasteiger partial charge in [-0.15, -0.1) is 5.10 Å². The minimum atomic E-state index is 0.100. The van der Waals surface area contributed by atoms with Gasteiger partial charge in [-0.1, -0.05) is 24.5 Å². The first kappa shape index (κ1) is 16.1. The molecule has 1 amide bonds. The summed E-state index contributed by atoms with van der Waals surface area (Å²) in [6.45, 7) is 2.96. The average Bonchev–Trinajstić information content (AvgIpc) is 3.36. The fourth-order valence-corrected chi connectivity index (χ4v) is 4.20. The van der Waals surface area contributed by atoms with Crippen molar-refractivity contribution in [2.24, 2.45) is 5.92 Å². The molecule has 1 N–H and O–H groups in total. The molecule has 1 aliphatic heterocycles. The molecule has 4 rings (SSSR count). The molecule has 24 heavy (non-hydrogen) atoms. The van der Waals surface area contributed by atoms with Crippen LogP contribution in [0.1, 0.15) is 74.3 Å². The van der Waals surface area contributed by atoms with E-state index >= 15 is 0 Å². The molecule has 132 valence electrons. The van der Waals surface area contributed by atoms with Crippen LogP contribution >= 0.6 is 0 Å². The molecule has 2 heterocycles. The van der Waals surface area contributed by atoms with E-state index in [-0.39, 0.29) is 5.91 Å². The SMILES string of the molecule is O=C(c1cn(C2CCNCC2)nn1)N(CC1CCCCC1)C1CC1. The van der Waals surface area contributed by atoms with Gasteiger partial charge in [0.05, 0.1) is 12.2 Å². The van der Waals surface area contributed by atoms with E-state index in [0.29, 0.717) is 23.7 Å². The van der Waals surface area contributed by atoms with Crippen molar-refractivity contribution < 1.29 is 4.79 Å². The zero-order chi connectivity index (χ0) is 16.4. The molecule has 1 aromatic heterocycles. The molecular formula is C18H29N5O. The first-order valence-electron chi connectivity index (χ1n) is 9.75. The van der Waals surface area contributed by atoms with Crippen molar-refractivity contribution in [1.29, 1.82) is 0 Å². The van der Waals surface area contributed by atoms with E-state index < -0.39 is 0 Å². The smallest absolute Gasteiger partial charge is 0.276 e. The van der Waals surface area contributed by atoms with Crippen LogP contribution in [0, 0.1) is 5.92 Å². The largest absolute Gasteiger partial charge is 0.334 e. The van der Waals surface area contributed by atoms with Crippen LogP contribution in [0.2, 0.25) is 0 Å². The Balaban J connectivity index is 1.43. The van der Waals surface area contributed by atoms with E-state index in [2.05, 4.69) is 20.5 Å². The third-order valence-electron chi connectivity index (χ3n) is 5.84. The maximum absolute atomic E-state index is 13.0. The predicted molar refractivity (Wildman–Crippen MR) is 91.8 cm³/mol. The fourth-order valence-electron chi connectivity index (χ4n) is 4.20. The number of hydrogen-bond acceptors (Lipinski definition) is 4. The second-order valence-electron chi connectivity index (χ2n) is 7.76. The topological polar surface area (TPSA) is 63.1 Å². The molecule has 1 saturated heterocycles. The van der Waals surface area contributed by atoms with Gasteiger partial charge in [0.15, 0.2) is 5.69 Å². The van der Waals surface area contributed by atoms with Gasteiger partial charge in [0.25, 0.3) is 5.91 Å². The van der Waals surface area contributed by atoms with Crippen molar-refractivity contribution >= 4 is 5.91 Å². The third-order valence-corrected chi connectivity index (χ3v) is 5.84. The van der Waals surface area contributed by atoms with Crippen molar-refractivity contribution in [3.63, 3.8) is 0 Å². The van der Waals surface area contributed by atoms with Gasteiger partial charge < -0.3 is 10.2 Å². The molecule has 6 nitrogen and oxygen atoms in total. The number of piperidine rings is 1. The molecule has 2 saturated carbocycles. The van der Waals surface area contributed by atoms with Gasteiger partial charge in [0, 0.05) is 12.6 Å². The first-order chi connectivity index (χ1) is 11.8. The Morgan fingerprint density at radius 3 is 2.58 bits per heavy atom.